The summed E-state index contributed by atoms with van der Waals surface area (Å²) in [6.07, 6.45) is 3.47. The fourth-order valence-electron chi connectivity index (χ4n) is 3.21. The van der Waals surface area contributed by atoms with Crippen LogP contribution in [-0.4, -0.2) is 61.3 Å². The maximum absolute atomic E-state index is 12.3. The second-order valence-corrected chi connectivity index (χ2v) is 7.27. The Hall–Kier alpha value is -2.17. The molecule has 3 amide bonds. The number of imide groups is 1. The zero-order valence-corrected chi connectivity index (χ0v) is 19.6. The normalized spacial score (nSPS) is 15.5. The summed E-state index contributed by atoms with van der Waals surface area (Å²) in [5, 5.41) is 9.28. The topological polar surface area (TPSA) is 103 Å². The lowest BCUT2D eigenvalue weighted by Crippen LogP contribution is -2.41. The number of amides is 3. The van der Waals surface area contributed by atoms with E-state index in [-0.39, 0.29) is 47.6 Å². The molecule has 1 aliphatic carbocycles. The number of benzene rings is 1. The monoisotopic (exact) mass is 527 g/mol. The molecule has 1 aromatic rings. The van der Waals surface area contributed by atoms with E-state index in [4.69, 9.17) is 0 Å². The lowest BCUT2D eigenvalue weighted by Gasteiger charge is -2.14. The molecule has 1 heterocycles. The molecule has 9 heteroatoms. The molecule has 1 aliphatic heterocycles. The maximum atomic E-state index is 12.3. The first-order valence-corrected chi connectivity index (χ1v) is 10.4. The Morgan fingerprint density at radius 3 is 2.27 bits per heavy atom. The van der Waals surface area contributed by atoms with Crippen LogP contribution in [0.25, 0.3) is 0 Å². The van der Waals surface area contributed by atoms with Crippen LogP contribution in [0, 0.1) is 5.92 Å². The number of aliphatic imine (C=N–C) groups is 1. The minimum absolute atomic E-state index is 0. The third-order valence-corrected chi connectivity index (χ3v) is 4.95. The summed E-state index contributed by atoms with van der Waals surface area (Å²) in [5.41, 5.74) is 0.978. The fourth-order valence-corrected chi connectivity index (χ4v) is 3.21. The number of rotatable bonds is 10. The molecule has 0 spiro atoms. The third-order valence-electron chi connectivity index (χ3n) is 4.95. The first kappa shape index (κ1) is 24.1. The van der Waals surface area contributed by atoms with E-state index < -0.39 is 0 Å². The van der Waals surface area contributed by atoms with Gasteiger partial charge in [-0.25, -0.2) is 0 Å². The second-order valence-electron chi connectivity index (χ2n) is 7.27. The standard InChI is InChI=1S/C21H29N5O3.HI/c1-2-22-21(25-13-12-23-18(27)15-9-10-15)24-11-5-6-14-26-19(28)16-7-3-4-8-17(16)20(26)29;/h3-4,7-8,15H,2,5-6,9-14H2,1H3,(H,23,27)(H2,22,24,25);1H. The highest BCUT2D eigenvalue weighted by atomic mass is 127. The van der Waals surface area contributed by atoms with Gasteiger partial charge in [-0.1, -0.05) is 12.1 Å². The number of hydrogen-bond acceptors (Lipinski definition) is 4. The number of nitrogens with zero attached hydrogens (tertiary/aromatic N) is 2. The summed E-state index contributed by atoms with van der Waals surface area (Å²) < 4.78 is 0. The summed E-state index contributed by atoms with van der Waals surface area (Å²) in [4.78, 5) is 42.1. The molecule has 1 fully saturated rings. The SMILES string of the molecule is CCNC(=NCCCCN1C(=O)c2ccccc2C1=O)NCCNC(=O)C1CC1.I. The summed E-state index contributed by atoms with van der Waals surface area (Å²) in [6.45, 7) is 4.91. The predicted molar refractivity (Wildman–Crippen MR) is 126 cm³/mol. The van der Waals surface area contributed by atoms with Gasteiger partial charge in [0.25, 0.3) is 11.8 Å². The van der Waals surface area contributed by atoms with Gasteiger partial charge >= 0.3 is 0 Å². The molecule has 164 valence electrons. The van der Waals surface area contributed by atoms with Crippen LogP contribution < -0.4 is 16.0 Å². The number of hydrogen-bond donors (Lipinski definition) is 3. The van der Waals surface area contributed by atoms with Gasteiger partial charge in [0, 0.05) is 38.6 Å². The van der Waals surface area contributed by atoms with E-state index in [0.717, 1.165) is 25.8 Å². The van der Waals surface area contributed by atoms with Crippen molar-refractivity contribution < 1.29 is 14.4 Å². The molecular weight excluding hydrogens is 497 g/mol. The Morgan fingerprint density at radius 2 is 1.67 bits per heavy atom. The molecule has 0 radical (unpaired) electrons. The first-order chi connectivity index (χ1) is 14.1. The van der Waals surface area contributed by atoms with Crippen LogP contribution in [0.2, 0.25) is 0 Å². The number of halogens is 1. The van der Waals surface area contributed by atoms with E-state index in [1.807, 2.05) is 6.92 Å². The zero-order valence-electron chi connectivity index (χ0n) is 17.3. The number of unbranched alkanes of at least 4 members (excludes halogenated alkanes) is 1. The molecule has 1 aromatic carbocycles. The molecule has 3 rings (SSSR count). The van der Waals surface area contributed by atoms with Crippen LogP contribution in [0.1, 0.15) is 53.3 Å². The highest BCUT2D eigenvalue weighted by Crippen LogP contribution is 2.28. The molecule has 0 aromatic heterocycles. The molecule has 3 N–H and O–H groups in total. The molecule has 30 heavy (non-hydrogen) atoms. The van der Waals surface area contributed by atoms with Gasteiger partial charge in [-0.05, 0) is 44.7 Å². The average Bonchev–Trinajstić information content (AvgIpc) is 3.55. The van der Waals surface area contributed by atoms with Gasteiger partial charge in [0.2, 0.25) is 5.91 Å². The van der Waals surface area contributed by atoms with Crippen molar-refractivity contribution in [3.05, 3.63) is 35.4 Å². The van der Waals surface area contributed by atoms with Crippen molar-refractivity contribution in [2.45, 2.75) is 32.6 Å². The van der Waals surface area contributed by atoms with E-state index in [9.17, 15) is 14.4 Å². The molecule has 0 atom stereocenters. The number of nitrogens with one attached hydrogen (secondary N) is 3. The number of guanidine groups is 1. The van der Waals surface area contributed by atoms with Crippen molar-refractivity contribution in [2.75, 3.05) is 32.7 Å². The van der Waals surface area contributed by atoms with Gasteiger partial charge in [-0.2, -0.15) is 0 Å². The first-order valence-electron chi connectivity index (χ1n) is 10.4. The van der Waals surface area contributed by atoms with Crippen LogP contribution in [0.5, 0.6) is 0 Å². The Labute approximate surface area is 194 Å². The Balaban J connectivity index is 0.00000320. The quantitative estimate of drug-likeness (QED) is 0.142. The summed E-state index contributed by atoms with van der Waals surface area (Å²) in [7, 11) is 0. The Morgan fingerprint density at radius 1 is 1.03 bits per heavy atom. The number of carbonyl (C=O) groups excluding carboxylic acids is 3. The molecule has 2 aliphatic rings. The lowest BCUT2D eigenvalue weighted by molar-refractivity contribution is -0.122. The van der Waals surface area contributed by atoms with E-state index >= 15 is 0 Å². The summed E-state index contributed by atoms with van der Waals surface area (Å²) in [5.74, 6) is 0.643. The van der Waals surface area contributed by atoms with Gasteiger partial charge in [0.15, 0.2) is 5.96 Å². The van der Waals surface area contributed by atoms with Crippen LogP contribution in [0.15, 0.2) is 29.3 Å². The van der Waals surface area contributed by atoms with Gasteiger partial charge in [0.1, 0.15) is 0 Å². The molecule has 0 bridgehead atoms. The molecule has 8 nitrogen and oxygen atoms in total. The molecule has 0 unspecified atom stereocenters. The molecule has 1 saturated carbocycles. The van der Waals surface area contributed by atoms with Crippen molar-refractivity contribution in [3.8, 4) is 0 Å². The van der Waals surface area contributed by atoms with E-state index in [1.54, 1.807) is 24.3 Å². The highest BCUT2D eigenvalue weighted by molar-refractivity contribution is 14.0. The summed E-state index contributed by atoms with van der Waals surface area (Å²) in [6, 6.07) is 6.94. The smallest absolute Gasteiger partial charge is 0.261 e. The Bertz CT molecular complexity index is 760. The van der Waals surface area contributed by atoms with Gasteiger partial charge in [-0.3, -0.25) is 24.3 Å². The minimum atomic E-state index is -0.211. The van der Waals surface area contributed by atoms with Crippen molar-refractivity contribution >= 4 is 47.7 Å². The minimum Gasteiger partial charge on any atom is -0.357 e. The van der Waals surface area contributed by atoms with Gasteiger partial charge in [-0.15, -0.1) is 24.0 Å². The zero-order chi connectivity index (χ0) is 20.6. The Kier molecular flexibility index (Phi) is 9.54. The molecular formula is C21H30IN5O3. The second kappa shape index (κ2) is 11.9. The van der Waals surface area contributed by atoms with Crippen LogP contribution in [0.4, 0.5) is 0 Å². The predicted octanol–water partition coefficient (Wildman–Crippen LogP) is 1.76. The average molecular weight is 527 g/mol. The van der Waals surface area contributed by atoms with Crippen molar-refractivity contribution in [1.82, 2.24) is 20.9 Å². The van der Waals surface area contributed by atoms with Crippen molar-refractivity contribution in [3.63, 3.8) is 0 Å². The van der Waals surface area contributed by atoms with E-state index in [1.165, 1.54) is 4.90 Å². The van der Waals surface area contributed by atoms with Crippen LogP contribution in [0.3, 0.4) is 0 Å². The van der Waals surface area contributed by atoms with Gasteiger partial charge in [0.05, 0.1) is 11.1 Å². The number of fused-ring (bicyclic) bond motifs is 1. The van der Waals surface area contributed by atoms with Crippen molar-refractivity contribution in [1.29, 1.82) is 0 Å². The molecule has 0 saturated heterocycles. The van der Waals surface area contributed by atoms with E-state index in [0.29, 0.717) is 49.7 Å². The number of carbonyl (C=O) groups is 3. The van der Waals surface area contributed by atoms with Crippen molar-refractivity contribution in [2.24, 2.45) is 10.9 Å². The largest absolute Gasteiger partial charge is 0.357 e. The maximum Gasteiger partial charge on any atom is 0.261 e. The summed E-state index contributed by atoms with van der Waals surface area (Å²) >= 11 is 0. The van der Waals surface area contributed by atoms with Crippen LogP contribution in [-0.2, 0) is 4.79 Å². The highest BCUT2D eigenvalue weighted by Gasteiger charge is 2.34. The third kappa shape index (κ3) is 6.41. The fraction of sp³-hybridized carbons (Fsp3) is 0.524. The van der Waals surface area contributed by atoms with E-state index in [2.05, 4.69) is 20.9 Å². The van der Waals surface area contributed by atoms with Crippen LogP contribution >= 0.6 is 24.0 Å². The lowest BCUT2D eigenvalue weighted by atomic mass is 10.1. The van der Waals surface area contributed by atoms with Gasteiger partial charge < -0.3 is 16.0 Å².